The van der Waals surface area contributed by atoms with E-state index in [1.54, 1.807) is 0 Å². The van der Waals surface area contributed by atoms with E-state index in [0.717, 1.165) is 5.92 Å². The topological polar surface area (TPSA) is 41.3 Å². The SMILES string of the molecule is CC(C)CCCC(NN)C(C)(C)N1CCCC1. The Morgan fingerprint density at radius 2 is 1.76 bits per heavy atom. The molecule has 0 saturated carbocycles. The van der Waals surface area contributed by atoms with E-state index in [2.05, 4.69) is 38.0 Å². The molecule has 0 aromatic heterocycles. The van der Waals surface area contributed by atoms with Gasteiger partial charge in [-0.3, -0.25) is 16.2 Å². The second kappa shape index (κ2) is 6.72. The molecule has 3 nitrogen and oxygen atoms in total. The largest absolute Gasteiger partial charge is 0.297 e. The van der Waals surface area contributed by atoms with E-state index < -0.39 is 0 Å². The van der Waals surface area contributed by atoms with Crippen molar-refractivity contribution in [1.82, 2.24) is 10.3 Å². The summed E-state index contributed by atoms with van der Waals surface area (Å²) in [7, 11) is 0. The first-order valence-electron chi connectivity index (χ1n) is 7.19. The van der Waals surface area contributed by atoms with Crippen molar-refractivity contribution in [2.45, 2.75) is 71.4 Å². The first-order chi connectivity index (χ1) is 7.98. The third-order valence-electron chi connectivity index (χ3n) is 4.25. The number of nitrogens with zero attached hydrogens (tertiary/aromatic N) is 1. The molecule has 0 radical (unpaired) electrons. The number of nitrogens with two attached hydrogens (primary N) is 1. The third-order valence-corrected chi connectivity index (χ3v) is 4.25. The Morgan fingerprint density at radius 1 is 1.18 bits per heavy atom. The minimum Gasteiger partial charge on any atom is -0.297 e. The summed E-state index contributed by atoms with van der Waals surface area (Å²) in [5, 5.41) is 0. The molecule has 0 amide bonds. The molecule has 0 aliphatic carbocycles. The fourth-order valence-electron chi connectivity index (χ4n) is 2.88. The van der Waals surface area contributed by atoms with Crippen molar-refractivity contribution >= 4 is 0 Å². The molecule has 1 heterocycles. The molecule has 3 N–H and O–H groups in total. The first-order valence-corrected chi connectivity index (χ1v) is 7.19. The molecule has 0 aromatic carbocycles. The maximum Gasteiger partial charge on any atom is 0.0389 e. The zero-order valence-electron chi connectivity index (χ0n) is 12.1. The van der Waals surface area contributed by atoms with Gasteiger partial charge < -0.3 is 0 Å². The molecule has 0 spiro atoms. The average Bonchev–Trinajstić information content (AvgIpc) is 2.77. The Hall–Kier alpha value is -0.120. The minimum absolute atomic E-state index is 0.183. The van der Waals surface area contributed by atoms with Gasteiger partial charge in [-0.25, -0.2) is 0 Å². The highest BCUT2D eigenvalue weighted by molar-refractivity contribution is 4.94. The van der Waals surface area contributed by atoms with Gasteiger partial charge in [0.15, 0.2) is 0 Å². The highest BCUT2D eigenvalue weighted by Gasteiger charge is 2.35. The molecular weight excluding hydrogens is 210 g/mol. The van der Waals surface area contributed by atoms with Crippen LogP contribution in [0.3, 0.4) is 0 Å². The molecule has 1 atom stereocenters. The molecule has 3 heteroatoms. The lowest BCUT2D eigenvalue weighted by Gasteiger charge is -2.42. The van der Waals surface area contributed by atoms with Gasteiger partial charge >= 0.3 is 0 Å². The maximum absolute atomic E-state index is 5.77. The lowest BCUT2D eigenvalue weighted by Crippen LogP contribution is -2.58. The van der Waals surface area contributed by atoms with Gasteiger partial charge in [-0.2, -0.15) is 0 Å². The van der Waals surface area contributed by atoms with Crippen molar-refractivity contribution in [2.75, 3.05) is 13.1 Å². The van der Waals surface area contributed by atoms with Crippen LogP contribution in [0, 0.1) is 5.92 Å². The molecule has 1 fully saturated rings. The monoisotopic (exact) mass is 241 g/mol. The summed E-state index contributed by atoms with van der Waals surface area (Å²) in [4.78, 5) is 2.59. The molecule has 1 rings (SSSR count). The smallest absolute Gasteiger partial charge is 0.0389 e. The molecular formula is C14H31N3. The molecule has 1 saturated heterocycles. The van der Waals surface area contributed by atoms with Crippen molar-refractivity contribution in [3.63, 3.8) is 0 Å². The Balaban J connectivity index is 2.46. The van der Waals surface area contributed by atoms with Crippen molar-refractivity contribution in [1.29, 1.82) is 0 Å². The van der Waals surface area contributed by atoms with Crippen LogP contribution in [0.2, 0.25) is 0 Å². The number of nitrogens with one attached hydrogen (secondary N) is 1. The van der Waals surface area contributed by atoms with Crippen LogP contribution < -0.4 is 11.3 Å². The van der Waals surface area contributed by atoms with E-state index in [1.807, 2.05) is 0 Å². The second-order valence-corrected chi connectivity index (χ2v) is 6.39. The summed E-state index contributed by atoms with van der Waals surface area (Å²) in [5.41, 5.74) is 3.23. The normalized spacial score (nSPS) is 20.1. The van der Waals surface area contributed by atoms with Crippen LogP contribution in [0.25, 0.3) is 0 Å². The van der Waals surface area contributed by atoms with Crippen LogP contribution in [-0.4, -0.2) is 29.6 Å². The molecule has 102 valence electrons. The zero-order chi connectivity index (χ0) is 12.9. The quantitative estimate of drug-likeness (QED) is 0.531. The highest BCUT2D eigenvalue weighted by Crippen LogP contribution is 2.26. The molecule has 0 bridgehead atoms. The van der Waals surface area contributed by atoms with E-state index in [9.17, 15) is 0 Å². The van der Waals surface area contributed by atoms with E-state index in [-0.39, 0.29) is 5.54 Å². The lowest BCUT2D eigenvalue weighted by molar-refractivity contribution is 0.101. The Bertz CT molecular complexity index is 208. The van der Waals surface area contributed by atoms with Crippen LogP contribution in [-0.2, 0) is 0 Å². The standard InChI is InChI=1S/C14H31N3/c1-12(2)8-7-9-13(16-15)14(3,4)17-10-5-6-11-17/h12-13,16H,5-11,15H2,1-4H3. The van der Waals surface area contributed by atoms with Gasteiger partial charge in [0.1, 0.15) is 0 Å². The summed E-state index contributed by atoms with van der Waals surface area (Å²) in [5.74, 6) is 6.56. The molecule has 1 unspecified atom stereocenters. The van der Waals surface area contributed by atoms with E-state index in [0.29, 0.717) is 6.04 Å². The first kappa shape index (κ1) is 14.9. The Kier molecular flexibility index (Phi) is 5.90. The van der Waals surface area contributed by atoms with Gasteiger partial charge in [0.25, 0.3) is 0 Å². The summed E-state index contributed by atoms with van der Waals surface area (Å²) in [6, 6.07) is 0.402. The molecule has 1 aliphatic rings. The average molecular weight is 241 g/mol. The van der Waals surface area contributed by atoms with Crippen molar-refractivity contribution in [2.24, 2.45) is 11.8 Å². The number of hydrogen-bond donors (Lipinski definition) is 2. The van der Waals surface area contributed by atoms with Crippen LogP contribution in [0.1, 0.15) is 59.8 Å². The van der Waals surface area contributed by atoms with Crippen LogP contribution in [0.15, 0.2) is 0 Å². The molecule has 0 aromatic rings. The predicted molar refractivity (Wildman–Crippen MR) is 74.7 cm³/mol. The van der Waals surface area contributed by atoms with Crippen molar-refractivity contribution in [3.05, 3.63) is 0 Å². The van der Waals surface area contributed by atoms with Gasteiger partial charge in [-0.15, -0.1) is 0 Å². The van der Waals surface area contributed by atoms with Crippen molar-refractivity contribution < 1.29 is 0 Å². The molecule has 1 aliphatic heterocycles. The van der Waals surface area contributed by atoms with Gasteiger partial charge in [-0.05, 0) is 52.1 Å². The second-order valence-electron chi connectivity index (χ2n) is 6.39. The lowest BCUT2D eigenvalue weighted by atomic mass is 9.88. The van der Waals surface area contributed by atoms with E-state index in [1.165, 1.54) is 45.2 Å². The van der Waals surface area contributed by atoms with Crippen LogP contribution in [0.4, 0.5) is 0 Å². The fraction of sp³-hybridized carbons (Fsp3) is 1.00. The number of likely N-dealkylation sites (tertiary alicyclic amines) is 1. The van der Waals surface area contributed by atoms with Crippen LogP contribution in [0.5, 0.6) is 0 Å². The summed E-state index contributed by atoms with van der Waals surface area (Å²) in [6.07, 6.45) is 6.43. The summed E-state index contributed by atoms with van der Waals surface area (Å²) >= 11 is 0. The predicted octanol–water partition coefficient (Wildman–Crippen LogP) is 2.52. The van der Waals surface area contributed by atoms with E-state index >= 15 is 0 Å². The number of hydrazine groups is 1. The third kappa shape index (κ3) is 4.23. The minimum atomic E-state index is 0.183. The van der Waals surface area contributed by atoms with Gasteiger partial charge in [0.2, 0.25) is 0 Å². The number of hydrogen-bond acceptors (Lipinski definition) is 3. The Labute approximate surface area is 107 Å². The van der Waals surface area contributed by atoms with Gasteiger partial charge in [0.05, 0.1) is 0 Å². The van der Waals surface area contributed by atoms with E-state index in [4.69, 9.17) is 5.84 Å². The maximum atomic E-state index is 5.77. The van der Waals surface area contributed by atoms with Gasteiger partial charge in [-0.1, -0.05) is 26.7 Å². The van der Waals surface area contributed by atoms with Gasteiger partial charge in [0, 0.05) is 11.6 Å². The highest BCUT2D eigenvalue weighted by atomic mass is 15.3. The summed E-state index contributed by atoms with van der Waals surface area (Å²) in [6.45, 7) is 11.7. The molecule has 17 heavy (non-hydrogen) atoms. The summed E-state index contributed by atoms with van der Waals surface area (Å²) < 4.78 is 0. The Morgan fingerprint density at radius 3 is 2.24 bits per heavy atom. The number of rotatable bonds is 7. The zero-order valence-corrected chi connectivity index (χ0v) is 12.1. The van der Waals surface area contributed by atoms with Crippen LogP contribution >= 0.6 is 0 Å². The van der Waals surface area contributed by atoms with Crippen molar-refractivity contribution in [3.8, 4) is 0 Å². The fourth-order valence-corrected chi connectivity index (χ4v) is 2.88.